The lowest BCUT2D eigenvalue weighted by Gasteiger charge is -2.12. The smallest absolute Gasteiger partial charge is 0.128 e. The molecule has 4 aromatic rings. The summed E-state index contributed by atoms with van der Waals surface area (Å²) in [6.07, 6.45) is 3.54. The van der Waals surface area contributed by atoms with E-state index in [4.69, 9.17) is 26.1 Å². The topological polar surface area (TPSA) is 56.3 Å². The van der Waals surface area contributed by atoms with E-state index in [1.54, 1.807) is 44.0 Å². The maximum atomic E-state index is 6.37. The molecule has 1 N–H and O–H groups in total. The quantitative estimate of drug-likeness (QED) is 0.463. The van der Waals surface area contributed by atoms with E-state index in [9.17, 15) is 0 Å². The molecule has 5 nitrogen and oxygen atoms in total. The number of halogens is 1. The van der Waals surface area contributed by atoms with Gasteiger partial charge in [0.1, 0.15) is 16.5 Å². The van der Waals surface area contributed by atoms with E-state index in [1.807, 2.05) is 36.4 Å². The van der Waals surface area contributed by atoms with E-state index < -0.39 is 0 Å². The van der Waals surface area contributed by atoms with Gasteiger partial charge in [0.25, 0.3) is 0 Å². The predicted octanol–water partition coefficient (Wildman–Crippen LogP) is 5.77. The van der Waals surface area contributed by atoms with E-state index in [0.29, 0.717) is 10.8 Å². The van der Waals surface area contributed by atoms with E-state index in [1.165, 1.54) is 0 Å². The van der Waals surface area contributed by atoms with Crippen LogP contribution < -0.4 is 14.8 Å². The first kappa shape index (κ1) is 17.6. The number of hydrogen-bond donors (Lipinski definition) is 1. The molecule has 0 aliphatic heterocycles. The fraction of sp³-hybridized carbons (Fsp3) is 0.100. The number of rotatable bonds is 5. The monoisotopic (exact) mass is 397 g/mol. The molecule has 0 spiro atoms. The van der Waals surface area contributed by atoms with Crippen LogP contribution in [0.3, 0.4) is 0 Å². The van der Waals surface area contributed by atoms with Gasteiger partial charge in [-0.25, -0.2) is 4.98 Å². The fourth-order valence-corrected chi connectivity index (χ4v) is 3.88. The number of hydrogen-bond acceptors (Lipinski definition) is 6. The highest BCUT2D eigenvalue weighted by Gasteiger charge is 2.13. The Morgan fingerprint density at radius 1 is 0.963 bits per heavy atom. The molecule has 0 saturated carbocycles. The first-order chi connectivity index (χ1) is 13.2. The molecule has 0 saturated heterocycles. The lowest BCUT2D eigenvalue weighted by molar-refractivity contribution is 0.415. The standard InChI is InChI=1S/C20H16ClN3O2S/c1-25-12-3-5-17(15(21)9-12)23-16-7-8-22-11-14(16)20-24-18-10-13(26-2)4-6-19(18)27-20/h3-11H,1-2H3,(H,22,23). The Kier molecular flexibility index (Phi) is 4.83. The van der Waals surface area contributed by atoms with Crippen LogP contribution in [0.25, 0.3) is 20.8 Å². The van der Waals surface area contributed by atoms with Gasteiger partial charge in [0.2, 0.25) is 0 Å². The van der Waals surface area contributed by atoms with E-state index in [2.05, 4.69) is 10.3 Å². The maximum absolute atomic E-state index is 6.37. The van der Waals surface area contributed by atoms with E-state index >= 15 is 0 Å². The Morgan fingerprint density at radius 3 is 2.52 bits per heavy atom. The second-order valence-electron chi connectivity index (χ2n) is 5.74. The van der Waals surface area contributed by atoms with Crippen LogP contribution in [0.5, 0.6) is 11.5 Å². The number of nitrogens with zero attached hydrogens (tertiary/aromatic N) is 2. The molecule has 0 radical (unpaired) electrons. The summed E-state index contributed by atoms with van der Waals surface area (Å²) in [7, 11) is 3.26. The molecule has 27 heavy (non-hydrogen) atoms. The molecule has 0 fully saturated rings. The zero-order valence-corrected chi connectivity index (χ0v) is 16.3. The van der Waals surface area contributed by atoms with Gasteiger partial charge in [0, 0.05) is 24.5 Å². The van der Waals surface area contributed by atoms with Crippen LogP contribution in [0.4, 0.5) is 11.4 Å². The summed E-state index contributed by atoms with van der Waals surface area (Å²) in [5.74, 6) is 1.49. The molecule has 0 bridgehead atoms. The number of pyridine rings is 1. The molecule has 0 unspecified atom stereocenters. The summed E-state index contributed by atoms with van der Waals surface area (Å²) < 4.78 is 11.6. The van der Waals surface area contributed by atoms with Gasteiger partial charge in [-0.1, -0.05) is 11.6 Å². The molecule has 136 valence electrons. The molecular weight excluding hydrogens is 382 g/mol. The SMILES string of the molecule is COc1ccc(Nc2ccncc2-c2nc3cc(OC)ccc3s2)c(Cl)c1. The third-order valence-corrected chi connectivity index (χ3v) is 5.47. The second-order valence-corrected chi connectivity index (χ2v) is 7.18. The van der Waals surface area contributed by atoms with Crippen LogP contribution in [0.1, 0.15) is 0 Å². The van der Waals surface area contributed by atoms with Crippen LogP contribution in [-0.2, 0) is 0 Å². The molecular formula is C20H16ClN3O2S. The number of benzene rings is 2. The van der Waals surface area contributed by atoms with Gasteiger partial charge in [-0.15, -0.1) is 11.3 Å². The number of anilines is 2. The van der Waals surface area contributed by atoms with Crippen LogP contribution in [-0.4, -0.2) is 24.2 Å². The largest absolute Gasteiger partial charge is 0.497 e. The van der Waals surface area contributed by atoms with Crippen molar-refractivity contribution in [3.8, 4) is 22.1 Å². The van der Waals surface area contributed by atoms with Gasteiger partial charge >= 0.3 is 0 Å². The maximum Gasteiger partial charge on any atom is 0.128 e. The van der Waals surface area contributed by atoms with Crippen molar-refractivity contribution in [3.05, 3.63) is 59.9 Å². The van der Waals surface area contributed by atoms with Crippen molar-refractivity contribution in [1.82, 2.24) is 9.97 Å². The highest BCUT2D eigenvalue weighted by Crippen LogP contribution is 2.37. The number of aromatic nitrogens is 2. The van der Waals surface area contributed by atoms with Gasteiger partial charge in [-0.3, -0.25) is 4.98 Å². The molecule has 0 amide bonds. The molecule has 2 aromatic carbocycles. The van der Waals surface area contributed by atoms with Crippen LogP contribution >= 0.6 is 22.9 Å². The summed E-state index contributed by atoms with van der Waals surface area (Å²) in [5.41, 5.74) is 3.46. The number of nitrogens with one attached hydrogen (secondary N) is 1. The minimum atomic E-state index is 0.575. The summed E-state index contributed by atoms with van der Waals surface area (Å²) >= 11 is 7.97. The molecule has 2 aromatic heterocycles. The highest BCUT2D eigenvalue weighted by molar-refractivity contribution is 7.21. The summed E-state index contributed by atoms with van der Waals surface area (Å²) in [6.45, 7) is 0. The van der Waals surface area contributed by atoms with Crippen molar-refractivity contribution >= 4 is 44.5 Å². The number of methoxy groups -OCH3 is 2. The zero-order chi connectivity index (χ0) is 18.8. The molecule has 4 rings (SSSR count). The summed E-state index contributed by atoms with van der Waals surface area (Å²) in [5, 5.41) is 4.82. The molecule has 0 aliphatic carbocycles. The van der Waals surface area contributed by atoms with Crippen LogP contribution in [0, 0.1) is 0 Å². The highest BCUT2D eigenvalue weighted by atomic mass is 35.5. The minimum Gasteiger partial charge on any atom is -0.497 e. The van der Waals surface area contributed by atoms with Gasteiger partial charge in [0.05, 0.1) is 46.4 Å². The predicted molar refractivity (Wildman–Crippen MR) is 111 cm³/mol. The average molecular weight is 398 g/mol. The fourth-order valence-electron chi connectivity index (χ4n) is 2.69. The summed E-state index contributed by atoms with van der Waals surface area (Å²) in [6, 6.07) is 13.3. The van der Waals surface area contributed by atoms with Crippen molar-refractivity contribution in [2.45, 2.75) is 0 Å². The molecule has 0 aliphatic rings. The van der Waals surface area contributed by atoms with E-state index in [0.717, 1.165) is 37.9 Å². The minimum absolute atomic E-state index is 0.575. The lowest BCUT2D eigenvalue weighted by atomic mass is 10.2. The number of fused-ring (bicyclic) bond motifs is 1. The van der Waals surface area contributed by atoms with E-state index in [-0.39, 0.29) is 0 Å². The van der Waals surface area contributed by atoms with Crippen molar-refractivity contribution in [1.29, 1.82) is 0 Å². The number of ether oxygens (including phenoxy) is 2. The average Bonchev–Trinajstić information content (AvgIpc) is 3.12. The Labute approximate surface area is 165 Å². The Morgan fingerprint density at radius 2 is 1.74 bits per heavy atom. The third kappa shape index (κ3) is 3.54. The zero-order valence-electron chi connectivity index (χ0n) is 14.7. The van der Waals surface area contributed by atoms with Gasteiger partial charge in [-0.2, -0.15) is 0 Å². The van der Waals surface area contributed by atoms with Gasteiger partial charge in [-0.05, 0) is 30.3 Å². The first-order valence-corrected chi connectivity index (χ1v) is 9.37. The van der Waals surface area contributed by atoms with Crippen molar-refractivity contribution < 1.29 is 9.47 Å². The second kappa shape index (κ2) is 7.42. The summed E-state index contributed by atoms with van der Waals surface area (Å²) in [4.78, 5) is 9.02. The lowest BCUT2D eigenvalue weighted by Crippen LogP contribution is -1.95. The van der Waals surface area contributed by atoms with Gasteiger partial charge in [0.15, 0.2) is 0 Å². The first-order valence-electron chi connectivity index (χ1n) is 8.17. The Balaban J connectivity index is 1.73. The molecule has 2 heterocycles. The van der Waals surface area contributed by atoms with Crippen molar-refractivity contribution in [2.75, 3.05) is 19.5 Å². The van der Waals surface area contributed by atoms with Crippen LogP contribution in [0.15, 0.2) is 54.9 Å². The molecule has 0 atom stereocenters. The van der Waals surface area contributed by atoms with Crippen molar-refractivity contribution in [2.24, 2.45) is 0 Å². The normalized spacial score (nSPS) is 10.8. The van der Waals surface area contributed by atoms with Crippen molar-refractivity contribution in [3.63, 3.8) is 0 Å². The third-order valence-electron chi connectivity index (χ3n) is 4.09. The Hall–Kier alpha value is -2.83. The number of thiazole rings is 1. The van der Waals surface area contributed by atoms with Gasteiger partial charge < -0.3 is 14.8 Å². The van der Waals surface area contributed by atoms with Crippen LogP contribution in [0.2, 0.25) is 5.02 Å². The molecule has 7 heteroatoms. The Bertz CT molecular complexity index is 1110.